The summed E-state index contributed by atoms with van der Waals surface area (Å²) in [5.41, 5.74) is 4.50. The standard InChI is InChI=1S/C28H26N4O8/c1-17-11-21(35-13-23-15-37-27(33)39-23)7-9-25(17)31-29-19-3-5-20(6-4-19)30-32-26-10-8-22(12-18(26)2)36-14-24-16-38-28(34)40-24/h3-12,23-24H,13-16H2,1-2H3. The molecule has 0 N–H and O–H groups in total. The number of hydrogen-bond donors (Lipinski definition) is 0. The van der Waals surface area contributed by atoms with Crippen LogP contribution in [0.2, 0.25) is 0 Å². The van der Waals surface area contributed by atoms with E-state index >= 15 is 0 Å². The Kier molecular flexibility index (Phi) is 8.14. The highest BCUT2D eigenvalue weighted by atomic mass is 16.8. The highest BCUT2D eigenvalue weighted by molar-refractivity contribution is 5.62. The lowest BCUT2D eigenvalue weighted by Gasteiger charge is -2.10. The van der Waals surface area contributed by atoms with E-state index < -0.39 is 24.5 Å². The average molecular weight is 547 g/mol. The number of carbonyl (C=O) groups excluding carboxylic acids is 2. The molecule has 3 aromatic rings. The predicted octanol–water partition coefficient (Wildman–Crippen LogP) is 6.96. The Balaban J connectivity index is 1.13. The summed E-state index contributed by atoms with van der Waals surface area (Å²) in [5.74, 6) is 1.27. The van der Waals surface area contributed by atoms with Crippen molar-refractivity contribution >= 4 is 35.1 Å². The number of ether oxygens (including phenoxy) is 6. The largest absolute Gasteiger partial charge is 0.508 e. The first-order valence-electron chi connectivity index (χ1n) is 12.5. The molecule has 0 bridgehead atoms. The van der Waals surface area contributed by atoms with Gasteiger partial charge in [-0.2, -0.15) is 20.5 Å². The van der Waals surface area contributed by atoms with E-state index in [9.17, 15) is 9.59 Å². The van der Waals surface area contributed by atoms with Gasteiger partial charge in [0, 0.05) is 0 Å². The quantitative estimate of drug-likeness (QED) is 0.196. The molecule has 2 aliphatic heterocycles. The van der Waals surface area contributed by atoms with Crippen LogP contribution in [0.3, 0.4) is 0 Å². The Morgan fingerprint density at radius 1 is 0.650 bits per heavy atom. The van der Waals surface area contributed by atoms with E-state index in [1.165, 1.54) is 0 Å². The van der Waals surface area contributed by atoms with Crippen molar-refractivity contribution in [3.8, 4) is 11.5 Å². The first-order chi connectivity index (χ1) is 19.4. The lowest BCUT2D eigenvalue weighted by molar-refractivity contribution is 0.0977. The van der Waals surface area contributed by atoms with E-state index in [4.69, 9.17) is 28.4 Å². The van der Waals surface area contributed by atoms with Gasteiger partial charge in [-0.25, -0.2) is 9.59 Å². The molecule has 0 aliphatic carbocycles. The second-order valence-electron chi connectivity index (χ2n) is 9.04. The lowest BCUT2D eigenvalue weighted by atomic mass is 10.2. The van der Waals surface area contributed by atoms with E-state index in [2.05, 4.69) is 20.5 Å². The fourth-order valence-electron chi connectivity index (χ4n) is 3.74. The number of nitrogens with zero attached hydrogens (tertiary/aromatic N) is 4. The fourth-order valence-corrected chi connectivity index (χ4v) is 3.74. The summed E-state index contributed by atoms with van der Waals surface area (Å²) >= 11 is 0. The van der Waals surface area contributed by atoms with E-state index in [1.807, 2.05) is 38.1 Å². The van der Waals surface area contributed by atoms with Crippen LogP contribution in [0, 0.1) is 13.8 Å². The number of cyclic esters (lactones) is 4. The summed E-state index contributed by atoms with van der Waals surface area (Å²) in [6.45, 7) is 4.62. The Hall–Kier alpha value is -5.00. The van der Waals surface area contributed by atoms with Crippen molar-refractivity contribution in [3.05, 3.63) is 71.8 Å². The van der Waals surface area contributed by atoms with Crippen molar-refractivity contribution in [1.82, 2.24) is 0 Å². The number of carbonyl (C=O) groups is 2. The molecule has 5 rings (SSSR count). The Bertz CT molecular complexity index is 1330. The lowest BCUT2D eigenvalue weighted by Crippen LogP contribution is -2.19. The molecule has 12 nitrogen and oxygen atoms in total. The predicted molar refractivity (Wildman–Crippen MR) is 141 cm³/mol. The molecule has 3 aromatic carbocycles. The maximum absolute atomic E-state index is 11.0. The summed E-state index contributed by atoms with van der Waals surface area (Å²) in [6, 6.07) is 18.1. The van der Waals surface area contributed by atoms with Crippen LogP contribution in [-0.2, 0) is 18.9 Å². The van der Waals surface area contributed by atoms with E-state index in [1.54, 1.807) is 36.4 Å². The van der Waals surface area contributed by atoms with Crippen LogP contribution in [0.1, 0.15) is 11.1 Å². The fraction of sp³-hybridized carbons (Fsp3) is 0.286. The third-order valence-electron chi connectivity index (χ3n) is 5.90. The molecule has 206 valence electrons. The average Bonchev–Trinajstić information content (AvgIpc) is 3.57. The van der Waals surface area contributed by atoms with Crippen LogP contribution in [0.25, 0.3) is 0 Å². The molecule has 2 fully saturated rings. The van der Waals surface area contributed by atoms with Crippen molar-refractivity contribution in [1.29, 1.82) is 0 Å². The molecular weight excluding hydrogens is 520 g/mol. The zero-order valence-corrected chi connectivity index (χ0v) is 21.8. The molecule has 0 amide bonds. The van der Waals surface area contributed by atoms with Gasteiger partial charge in [0.05, 0.1) is 22.7 Å². The molecular formula is C28H26N4O8. The molecule has 0 aromatic heterocycles. The van der Waals surface area contributed by atoms with Crippen LogP contribution in [-0.4, -0.2) is 50.9 Å². The van der Waals surface area contributed by atoms with Gasteiger partial charge in [-0.15, -0.1) is 0 Å². The Morgan fingerprint density at radius 3 is 1.43 bits per heavy atom. The molecule has 2 heterocycles. The number of hydrogen-bond acceptors (Lipinski definition) is 12. The van der Waals surface area contributed by atoms with Crippen LogP contribution in [0.15, 0.2) is 81.1 Å². The normalized spacial score (nSPS) is 18.4. The van der Waals surface area contributed by atoms with Gasteiger partial charge in [0.15, 0.2) is 12.2 Å². The van der Waals surface area contributed by atoms with E-state index in [0.717, 1.165) is 11.1 Å². The molecule has 2 atom stereocenters. The first kappa shape index (κ1) is 26.6. The van der Waals surface area contributed by atoms with Crippen molar-refractivity contribution in [3.63, 3.8) is 0 Å². The molecule has 40 heavy (non-hydrogen) atoms. The van der Waals surface area contributed by atoms with Gasteiger partial charge in [0.25, 0.3) is 0 Å². The van der Waals surface area contributed by atoms with Crippen molar-refractivity contribution in [2.45, 2.75) is 26.1 Å². The zero-order valence-electron chi connectivity index (χ0n) is 21.8. The van der Waals surface area contributed by atoms with E-state index in [0.29, 0.717) is 34.2 Å². The Morgan fingerprint density at radius 2 is 1.07 bits per heavy atom. The maximum atomic E-state index is 11.0. The minimum absolute atomic E-state index is 0.186. The topological polar surface area (TPSA) is 139 Å². The van der Waals surface area contributed by atoms with Crippen molar-refractivity contribution in [2.24, 2.45) is 20.5 Å². The molecule has 2 saturated heterocycles. The van der Waals surface area contributed by atoms with Gasteiger partial charge in [-0.3, -0.25) is 0 Å². The second kappa shape index (κ2) is 12.2. The molecule has 2 unspecified atom stereocenters. The maximum Gasteiger partial charge on any atom is 0.508 e. The highest BCUT2D eigenvalue weighted by Crippen LogP contribution is 2.29. The summed E-state index contributed by atoms with van der Waals surface area (Å²) in [5, 5.41) is 17.3. The molecule has 2 aliphatic rings. The van der Waals surface area contributed by atoms with Gasteiger partial charge in [0.1, 0.15) is 37.9 Å². The number of rotatable bonds is 10. The van der Waals surface area contributed by atoms with Gasteiger partial charge in [-0.05, 0) is 85.6 Å². The second-order valence-corrected chi connectivity index (χ2v) is 9.04. The van der Waals surface area contributed by atoms with Crippen LogP contribution < -0.4 is 9.47 Å². The van der Waals surface area contributed by atoms with Crippen LogP contribution >= 0.6 is 0 Å². The molecule has 12 heteroatoms. The zero-order chi connectivity index (χ0) is 27.9. The number of benzene rings is 3. The summed E-state index contributed by atoms with van der Waals surface area (Å²) in [7, 11) is 0. The first-order valence-corrected chi connectivity index (χ1v) is 12.5. The minimum Gasteiger partial charge on any atom is -0.490 e. The SMILES string of the molecule is Cc1cc(OCC2COC(=O)O2)ccc1N=Nc1ccc(N=Nc2ccc(OCC3COC(=O)O3)cc2C)cc1. The smallest absolute Gasteiger partial charge is 0.490 e. The van der Waals surface area contributed by atoms with Gasteiger partial charge >= 0.3 is 12.3 Å². The molecule has 0 radical (unpaired) electrons. The molecule has 0 spiro atoms. The number of azo groups is 2. The van der Waals surface area contributed by atoms with E-state index in [-0.39, 0.29) is 26.4 Å². The monoisotopic (exact) mass is 546 g/mol. The van der Waals surface area contributed by atoms with Crippen LogP contribution in [0.5, 0.6) is 11.5 Å². The third-order valence-corrected chi connectivity index (χ3v) is 5.90. The number of aryl methyl sites for hydroxylation is 2. The third kappa shape index (κ3) is 7.10. The van der Waals surface area contributed by atoms with Crippen LogP contribution in [0.4, 0.5) is 32.3 Å². The van der Waals surface area contributed by atoms with Gasteiger partial charge in [0.2, 0.25) is 0 Å². The highest BCUT2D eigenvalue weighted by Gasteiger charge is 2.26. The van der Waals surface area contributed by atoms with Gasteiger partial charge < -0.3 is 28.4 Å². The summed E-state index contributed by atoms with van der Waals surface area (Å²) in [6.07, 6.45) is -2.17. The van der Waals surface area contributed by atoms with Gasteiger partial charge in [-0.1, -0.05) is 0 Å². The van der Waals surface area contributed by atoms with Crippen molar-refractivity contribution < 1.29 is 38.0 Å². The molecule has 0 saturated carbocycles. The summed E-state index contributed by atoms with van der Waals surface area (Å²) in [4.78, 5) is 22.0. The summed E-state index contributed by atoms with van der Waals surface area (Å²) < 4.78 is 30.8. The minimum atomic E-state index is -0.674. The Labute approximate surface area is 229 Å². The van der Waals surface area contributed by atoms with Crippen molar-refractivity contribution in [2.75, 3.05) is 26.4 Å².